The fourth-order valence-corrected chi connectivity index (χ4v) is 3.76. The van der Waals surface area contributed by atoms with Crippen molar-refractivity contribution in [2.45, 2.75) is 45.2 Å². The molecule has 1 aromatic heterocycles. The highest BCUT2D eigenvalue weighted by atomic mass is 32.1. The van der Waals surface area contributed by atoms with E-state index in [1.54, 1.807) is 11.3 Å². The average Bonchev–Trinajstić information content (AvgIpc) is 2.85. The summed E-state index contributed by atoms with van der Waals surface area (Å²) in [4.78, 5) is 14.6. The van der Waals surface area contributed by atoms with E-state index in [2.05, 4.69) is 30.2 Å². The summed E-state index contributed by atoms with van der Waals surface area (Å²) in [5, 5.41) is 11.0. The molecule has 3 nitrogen and oxygen atoms in total. The van der Waals surface area contributed by atoms with Crippen molar-refractivity contribution in [1.82, 2.24) is 4.90 Å². The second-order valence-electron chi connectivity index (χ2n) is 4.78. The molecule has 1 aliphatic rings. The Kier molecular flexibility index (Phi) is 3.84. The molecule has 2 unspecified atom stereocenters. The maximum absolute atomic E-state index is 10.9. The summed E-state index contributed by atoms with van der Waals surface area (Å²) in [6.45, 7) is 5.35. The van der Waals surface area contributed by atoms with Gasteiger partial charge in [0.25, 0.3) is 0 Å². The van der Waals surface area contributed by atoms with Gasteiger partial charge in [0.2, 0.25) is 0 Å². The van der Waals surface area contributed by atoms with Gasteiger partial charge in [0.15, 0.2) is 0 Å². The molecule has 1 fully saturated rings. The molecule has 0 radical (unpaired) electrons. The average molecular weight is 253 g/mol. The van der Waals surface area contributed by atoms with Gasteiger partial charge in [-0.25, -0.2) is 0 Å². The maximum atomic E-state index is 10.9. The highest BCUT2D eigenvalue weighted by Gasteiger charge is 2.31. The second kappa shape index (κ2) is 5.19. The molecule has 1 aromatic rings. The smallest absolute Gasteiger partial charge is 0.304 e. The van der Waals surface area contributed by atoms with Gasteiger partial charge in [0.05, 0.1) is 6.42 Å². The molecule has 94 valence electrons. The first-order valence-corrected chi connectivity index (χ1v) is 6.99. The van der Waals surface area contributed by atoms with E-state index < -0.39 is 5.97 Å². The molecule has 0 bridgehead atoms. The van der Waals surface area contributed by atoms with Crippen molar-refractivity contribution in [3.8, 4) is 0 Å². The molecular weight excluding hydrogens is 234 g/mol. The largest absolute Gasteiger partial charge is 0.481 e. The summed E-state index contributed by atoms with van der Waals surface area (Å²) in [6, 6.07) is 2.70. The molecule has 1 aliphatic heterocycles. The normalized spacial score (nSPS) is 22.8. The van der Waals surface area contributed by atoms with E-state index in [9.17, 15) is 4.79 Å². The minimum Gasteiger partial charge on any atom is -0.481 e. The van der Waals surface area contributed by atoms with Gasteiger partial charge >= 0.3 is 5.97 Å². The molecular formula is C13H19NO2S. The van der Waals surface area contributed by atoms with E-state index in [4.69, 9.17) is 5.11 Å². The number of hydrogen-bond donors (Lipinski definition) is 1. The van der Waals surface area contributed by atoms with Crippen LogP contribution >= 0.6 is 11.3 Å². The monoisotopic (exact) mass is 253 g/mol. The zero-order valence-electron chi connectivity index (χ0n) is 10.3. The third kappa shape index (κ3) is 2.69. The summed E-state index contributed by atoms with van der Waals surface area (Å²) in [7, 11) is 0. The van der Waals surface area contributed by atoms with Crippen LogP contribution in [0.2, 0.25) is 0 Å². The number of aryl methyl sites for hydroxylation is 1. The second-order valence-corrected chi connectivity index (χ2v) is 5.72. The molecule has 0 aromatic carbocycles. The number of hydrogen-bond acceptors (Lipinski definition) is 3. The van der Waals surface area contributed by atoms with E-state index >= 15 is 0 Å². The third-order valence-electron chi connectivity index (χ3n) is 3.61. The molecule has 0 spiro atoms. The Hall–Kier alpha value is -0.870. The number of likely N-dealkylation sites (tertiary alicyclic amines) is 1. The van der Waals surface area contributed by atoms with Crippen LogP contribution in [0.3, 0.4) is 0 Å². The van der Waals surface area contributed by atoms with E-state index in [-0.39, 0.29) is 12.5 Å². The Morgan fingerprint density at radius 3 is 3.06 bits per heavy atom. The topological polar surface area (TPSA) is 40.5 Å². The first-order valence-electron chi connectivity index (χ1n) is 6.11. The van der Waals surface area contributed by atoms with Crippen molar-refractivity contribution in [2.24, 2.45) is 0 Å². The van der Waals surface area contributed by atoms with E-state index in [1.165, 1.54) is 10.4 Å². The standard InChI is InChI=1S/C13H19NO2S/c1-9-5-7-17-13(9)10(2)14-6-3-4-11(14)8-12(15)16/h5,7,10-11H,3-4,6,8H2,1-2H3,(H,15,16). The van der Waals surface area contributed by atoms with E-state index in [1.807, 2.05) is 0 Å². The lowest BCUT2D eigenvalue weighted by Crippen LogP contribution is -2.33. The minimum atomic E-state index is -0.683. The van der Waals surface area contributed by atoms with Crippen LogP contribution in [0.25, 0.3) is 0 Å². The minimum absolute atomic E-state index is 0.212. The van der Waals surface area contributed by atoms with Crippen molar-refractivity contribution in [3.05, 3.63) is 21.9 Å². The Morgan fingerprint density at radius 2 is 2.47 bits per heavy atom. The van der Waals surface area contributed by atoms with Crippen molar-refractivity contribution in [1.29, 1.82) is 0 Å². The van der Waals surface area contributed by atoms with Crippen molar-refractivity contribution >= 4 is 17.3 Å². The molecule has 2 rings (SSSR count). The first-order chi connectivity index (χ1) is 8.09. The number of aliphatic carboxylic acids is 1. The van der Waals surface area contributed by atoms with Crippen LogP contribution in [0.15, 0.2) is 11.4 Å². The lowest BCUT2D eigenvalue weighted by molar-refractivity contribution is -0.138. The maximum Gasteiger partial charge on any atom is 0.304 e. The quantitative estimate of drug-likeness (QED) is 0.896. The predicted molar refractivity (Wildman–Crippen MR) is 69.5 cm³/mol. The van der Waals surface area contributed by atoms with Gasteiger partial charge in [-0.15, -0.1) is 11.3 Å². The Labute approximate surface area is 106 Å². The Morgan fingerprint density at radius 1 is 1.71 bits per heavy atom. The summed E-state index contributed by atoms with van der Waals surface area (Å²) in [5.74, 6) is -0.683. The third-order valence-corrected chi connectivity index (χ3v) is 4.80. The predicted octanol–water partition coefficient (Wildman–Crippen LogP) is 3.06. The highest BCUT2D eigenvalue weighted by Crippen LogP contribution is 2.34. The molecule has 2 atom stereocenters. The van der Waals surface area contributed by atoms with Gasteiger partial charge in [-0.1, -0.05) is 0 Å². The molecule has 1 saturated heterocycles. The van der Waals surface area contributed by atoms with Crippen LogP contribution in [0.4, 0.5) is 0 Å². The van der Waals surface area contributed by atoms with Crippen LogP contribution in [-0.2, 0) is 4.79 Å². The molecule has 0 aliphatic carbocycles. The first kappa shape index (κ1) is 12.6. The van der Waals surface area contributed by atoms with Crippen LogP contribution in [0.5, 0.6) is 0 Å². The Balaban J connectivity index is 2.10. The van der Waals surface area contributed by atoms with Crippen molar-refractivity contribution in [3.63, 3.8) is 0 Å². The van der Waals surface area contributed by atoms with Crippen molar-refractivity contribution in [2.75, 3.05) is 6.54 Å². The molecule has 17 heavy (non-hydrogen) atoms. The number of nitrogens with zero attached hydrogens (tertiary/aromatic N) is 1. The van der Waals surface area contributed by atoms with Gasteiger partial charge in [-0.3, -0.25) is 9.69 Å². The molecule has 4 heteroatoms. The number of rotatable bonds is 4. The molecule has 1 N–H and O–H groups in total. The summed E-state index contributed by atoms with van der Waals surface area (Å²) >= 11 is 1.78. The highest BCUT2D eigenvalue weighted by molar-refractivity contribution is 7.10. The molecule has 0 amide bonds. The van der Waals surface area contributed by atoms with E-state index in [0.29, 0.717) is 6.04 Å². The fourth-order valence-electron chi connectivity index (χ4n) is 2.75. The van der Waals surface area contributed by atoms with Crippen LogP contribution in [0, 0.1) is 6.92 Å². The van der Waals surface area contributed by atoms with E-state index in [0.717, 1.165) is 19.4 Å². The van der Waals surface area contributed by atoms with Crippen LogP contribution in [-0.4, -0.2) is 28.6 Å². The Bertz CT molecular complexity index is 402. The van der Waals surface area contributed by atoms with Gasteiger partial charge in [-0.05, 0) is 50.2 Å². The lowest BCUT2D eigenvalue weighted by atomic mass is 10.1. The number of carboxylic acids is 1. The van der Waals surface area contributed by atoms with Gasteiger partial charge in [-0.2, -0.15) is 0 Å². The number of carboxylic acid groups (broad SMARTS) is 1. The summed E-state index contributed by atoms with van der Waals surface area (Å²) < 4.78 is 0. The van der Waals surface area contributed by atoms with Crippen LogP contribution in [0.1, 0.15) is 42.7 Å². The van der Waals surface area contributed by atoms with Crippen molar-refractivity contribution < 1.29 is 9.90 Å². The molecule has 2 heterocycles. The summed E-state index contributed by atoms with van der Waals surface area (Å²) in [5.41, 5.74) is 1.32. The van der Waals surface area contributed by atoms with Gasteiger partial charge in [0, 0.05) is 17.0 Å². The summed E-state index contributed by atoms with van der Waals surface area (Å²) in [6.07, 6.45) is 2.41. The number of carbonyl (C=O) groups is 1. The van der Waals surface area contributed by atoms with Gasteiger partial charge < -0.3 is 5.11 Å². The number of thiophene rings is 1. The lowest BCUT2D eigenvalue weighted by Gasteiger charge is -2.29. The van der Waals surface area contributed by atoms with Gasteiger partial charge in [0.1, 0.15) is 0 Å². The SMILES string of the molecule is Cc1ccsc1C(C)N1CCCC1CC(=O)O. The zero-order chi connectivity index (χ0) is 12.4. The zero-order valence-corrected chi connectivity index (χ0v) is 11.2. The molecule has 0 saturated carbocycles. The van der Waals surface area contributed by atoms with Crippen LogP contribution < -0.4 is 0 Å². The fraction of sp³-hybridized carbons (Fsp3) is 0.615.